The van der Waals surface area contributed by atoms with Crippen LogP contribution in [0.5, 0.6) is 0 Å². The van der Waals surface area contributed by atoms with Gasteiger partial charge in [-0.25, -0.2) is 0 Å². The number of carbonyl (C=O) groups is 1. The van der Waals surface area contributed by atoms with Crippen LogP contribution >= 0.6 is 0 Å². The van der Waals surface area contributed by atoms with Crippen LogP contribution in [0.4, 0.5) is 0 Å². The van der Waals surface area contributed by atoms with Crippen molar-refractivity contribution in [3.05, 3.63) is 0 Å². The fourth-order valence-electron chi connectivity index (χ4n) is 2.31. The summed E-state index contributed by atoms with van der Waals surface area (Å²) in [6.45, 7) is 3.99. The predicted octanol–water partition coefficient (Wildman–Crippen LogP) is 1.45. The molecule has 68 valence electrons. The third-order valence-electron chi connectivity index (χ3n) is 3.11. The van der Waals surface area contributed by atoms with Crippen molar-refractivity contribution < 1.29 is 4.79 Å². The average Bonchev–Trinajstić information content (AvgIpc) is 2.78. The molecule has 2 nitrogen and oxygen atoms in total. The molecule has 0 bridgehead atoms. The van der Waals surface area contributed by atoms with Crippen molar-refractivity contribution in [3.63, 3.8) is 0 Å². The van der Waals surface area contributed by atoms with Gasteiger partial charge >= 0.3 is 0 Å². The van der Waals surface area contributed by atoms with E-state index in [1.807, 2.05) is 0 Å². The van der Waals surface area contributed by atoms with Crippen LogP contribution in [0, 0.1) is 5.92 Å². The Kier molecular flexibility index (Phi) is 2.18. The van der Waals surface area contributed by atoms with Crippen LogP contribution in [0.1, 0.15) is 32.6 Å². The summed E-state index contributed by atoms with van der Waals surface area (Å²) in [6, 6.07) is 0.719. The zero-order valence-electron chi connectivity index (χ0n) is 7.75. The molecule has 1 atom stereocenters. The molecule has 0 aromatic rings. The second-order valence-electron chi connectivity index (χ2n) is 4.07. The van der Waals surface area contributed by atoms with E-state index in [0.717, 1.165) is 31.5 Å². The van der Waals surface area contributed by atoms with Crippen LogP contribution in [-0.4, -0.2) is 29.8 Å². The molecule has 2 aliphatic rings. The van der Waals surface area contributed by atoms with Crippen molar-refractivity contribution in [2.75, 3.05) is 13.1 Å². The number of hydrogen-bond donors (Lipinski definition) is 0. The second kappa shape index (κ2) is 3.17. The maximum absolute atomic E-state index is 11.1. The van der Waals surface area contributed by atoms with Gasteiger partial charge in [0.2, 0.25) is 0 Å². The molecule has 1 unspecified atom stereocenters. The first kappa shape index (κ1) is 8.24. The van der Waals surface area contributed by atoms with E-state index in [-0.39, 0.29) is 0 Å². The van der Waals surface area contributed by atoms with E-state index in [1.54, 1.807) is 0 Å². The van der Waals surface area contributed by atoms with Crippen LogP contribution in [0.2, 0.25) is 0 Å². The van der Waals surface area contributed by atoms with Crippen molar-refractivity contribution in [1.29, 1.82) is 0 Å². The minimum atomic E-state index is 0.439. The SMILES string of the molecule is CCC(C1CC1)N1CCC(=O)C1. The minimum absolute atomic E-state index is 0.439. The molecule has 0 aromatic carbocycles. The van der Waals surface area contributed by atoms with Gasteiger partial charge in [0.1, 0.15) is 5.78 Å². The Morgan fingerprint density at radius 2 is 2.33 bits per heavy atom. The Morgan fingerprint density at radius 3 is 2.75 bits per heavy atom. The van der Waals surface area contributed by atoms with Gasteiger partial charge in [0.25, 0.3) is 0 Å². The minimum Gasteiger partial charge on any atom is -0.298 e. The van der Waals surface area contributed by atoms with Crippen molar-refractivity contribution in [3.8, 4) is 0 Å². The highest BCUT2D eigenvalue weighted by Crippen LogP contribution is 2.37. The molecule has 2 rings (SSSR count). The molecular formula is C10H17NO. The van der Waals surface area contributed by atoms with Crippen LogP contribution in [0.3, 0.4) is 0 Å². The Bertz CT molecular complexity index is 186. The Hall–Kier alpha value is -0.370. The third-order valence-corrected chi connectivity index (χ3v) is 3.11. The lowest BCUT2D eigenvalue weighted by molar-refractivity contribution is -0.117. The summed E-state index contributed by atoms with van der Waals surface area (Å²) in [5, 5.41) is 0. The number of ketones is 1. The van der Waals surface area contributed by atoms with E-state index in [4.69, 9.17) is 0 Å². The molecule has 0 N–H and O–H groups in total. The number of nitrogens with zero attached hydrogens (tertiary/aromatic N) is 1. The highest BCUT2D eigenvalue weighted by Gasteiger charge is 2.36. The molecule has 1 saturated carbocycles. The second-order valence-corrected chi connectivity index (χ2v) is 4.07. The van der Waals surface area contributed by atoms with E-state index in [9.17, 15) is 4.79 Å². The Morgan fingerprint density at radius 1 is 1.58 bits per heavy atom. The van der Waals surface area contributed by atoms with Gasteiger partial charge in [-0.15, -0.1) is 0 Å². The van der Waals surface area contributed by atoms with Crippen molar-refractivity contribution in [2.24, 2.45) is 5.92 Å². The van der Waals surface area contributed by atoms with E-state index < -0.39 is 0 Å². The molecule has 0 aromatic heterocycles. The fraction of sp³-hybridized carbons (Fsp3) is 0.900. The van der Waals surface area contributed by atoms with Crippen LogP contribution in [0.15, 0.2) is 0 Å². The monoisotopic (exact) mass is 167 g/mol. The first-order valence-electron chi connectivity index (χ1n) is 5.07. The predicted molar refractivity (Wildman–Crippen MR) is 48.0 cm³/mol. The van der Waals surface area contributed by atoms with E-state index >= 15 is 0 Å². The maximum atomic E-state index is 11.1. The molecule has 12 heavy (non-hydrogen) atoms. The van der Waals surface area contributed by atoms with Crippen molar-refractivity contribution in [1.82, 2.24) is 4.90 Å². The molecule has 1 heterocycles. The molecule has 1 saturated heterocycles. The molecule has 2 fully saturated rings. The van der Waals surface area contributed by atoms with Gasteiger partial charge in [-0.1, -0.05) is 6.92 Å². The van der Waals surface area contributed by atoms with Gasteiger partial charge in [0.05, 0.1) is 6.54 Å². The quantitative estimate of drug-likeness (QED) is 0.634. The van der Waals surface area contributed by atoms with Crippen molar-refractivity contribution >= 4 is 5.78 Å². The summed E-state index contributed by atoms with van der Waals surface area (Å²) in [7, 11) is 0. The first-order chi connectivity index (χ1) is 5.81. The maximum Gasteiger partial charge on any atom is 0.148 e. The highest BCUT2D eigenvalue weighted by molar-refractivity contribution is 5.82. The topological polar surface area (TPSA) is 20.3 Å². The van der Waals surface area contributed by atoms with Gasteiger partial charge in [0, 0.05) is 19.0 Å². The smallest absolute Gasteiger partial charge is 0.148 e. The fourth-order valence-corrected chi connectivity index (χ4v) is 2.31. The van der Waals surface area contributed by atoms with Gasteiger partial charge in [-0.05, 0) is 25.2 Å². The van der Waals surface area contributed by atoms with Gasteiger partial charge < -0.3 is 0 Å². The number of rotatable bonds is 3. The summed E-state index contributed by atoms with van der Waals surface area (Å²) >= 11 is 0. The van der Waals surface area contributed by atoms with Gasteiger partial charge in [-0.2, -0.15) is 0 Å². The lowest BCUT2D eigenvalue weighted by Gasteiger charge is -2.25. The Balaban J connectivity index is 1.92. The zero-order chi connectivity index (χ0) is 8.55. The molecule has 2 heteroatoms. The van der Waals surface area contributed by atoms with Gasteiger partial charge in [0.15, 0.2) is 0 Å². The highest BCUT2D eigenvalue weighted by atomic mass is 16.1. The molecule has 1 aliphatic carbocycles. The molecule has 0 spiro atoms. The zero-order valence-corrected chi connectivity index (χ0v) is 7.75. The van der Waals surface area contributed by atoms with Crippen LogP contribution in [-0.2, 0) is 4.79 Å². The summed E-state index contributed by atoms with van der Waals surface area (Å²) in [5.41, 5.74) is 0. The van der Waals surface area contributed by atoms with E-state index in [0.29, 0.717) is 5.78 Å². The molecular weight excluding hydrogens is 150 g/mol. The summed E-state index contributed by atoms with van der Waals surface area (Å²) in [5.74, 6) is 1.36. The van der Waals surface area contributed by atoms with Crippen molar-refractivity contribution in [2.45, 2.75) is 38.6 Å². The number of likely N-dealkylation sites (tertiary alicyclic amines) is 1. The summed E-state index contributed by atoms with van der Waals surface area (Å²) < 4.78 is 0. The summed E-state index contributed by atoms with van der Waals surface area (Å²) in [4.78, 5) is 13.5. The molecule has 0 amide bonds. The molecule has 0 radical (unpaired) electrons. The molecule has 1 aliphatic heterocycles. The van der Waals surface area contributed by atoms with E-state index in [1.165, 1.54) is 19.3 Å². The average molecular weight is 167 g/mol. The van der Waals surface area contributed by atoms with E-state index in [2.05, 4.69) is 11.8 Å². The lowest BCUT2D eigenvalue weighted by Crippen LogP contribution is -2.34. The largest absolute Gasteiger partial charge is 0.298 e. The lowest BCUT2D eigenvalue weighted by atomic mass is 10.1. The van der Waals surface area contributed by atoms with Crippen LogP contribution in [0.25, 0.3) is 0 Å². The van der Waals surface area contributed by atoms with Gasteiger partial charge in [-0.3, -0.25) is 9.69 Å². The number of carbonyl (C=O) groups excluding carboxylic acids is 1. The van der Waals surface area contributed by atoms with Crippen LogP contribution < -0.4 is 0 Å². The summed E-state index contributed by atoms with van der Waals surface area (Å²) in [6.07, 6.45) is 4.80. The number of hydrogen-bond acceptors (Lipinski definition) is 2. The third kappa shape index (κ3) is 1.53. The standard InChI is InChI=1S/C10H17NO/c1-2-10(8-3-4-8)11-6-5-9(12)7-11/h8,10H,2-7H2,1H3. The normalized spacial score (nSPS) is 27.9. The Labute approximate surface area is 73.9 Å². The first-order valence-corrected chi connectivity index (χ1v) is 5.07. The number of Topliss-reactive ketones (excluding diaryl/α,β-unsaturated/α-hetero) is 1.